The smallest absolute Gasteiger partial charge is 0.317 e. The van der Waals surface area contributed by atoms with Crippen LogP contribution < -0.4 is 10.1 Å². The molecule has 1 unspecified atom stereocenters. The van der Waals surface area contributed by atoms with Crippen LogP contribution in [0, 0.1) is 0 Å². The molecule has 2 amide bonds. The van der Waals surface area contributed by atoms with Crippen LogP contribution in [0.15, 0.2) is 54.6 Å². The Morgan fingerprint density at radius 3 is 2.72 bits per heavy atom. The summed E-state index contributed by atoms with van der Waals surface area (Å²) in [7, 11) is 0. The fourth-order valence-electron chi connectivity index (χ4n) is 3.09. The van der Waals surface area contributed by atoms with Crippen LogP contribution in [0.2, 0.25) is 0 Å². The molecule has 0 spiro atoms. The van der Waals surface area contributed by atoms with Gasteiger partial charge in [0.2, 0.25) is 0 Å². The molecule has 0 saturated carbocycles. The predicted octanol–water partition coefficient (Wildman–Crippen LogP) is 2.93. The highest BCUT2D eigenvalue weighted by molar-refractivity contribution is 5.75. The van der Waals surface area contributed by atoms with E-state index >= 15 is 0 Å². The number of para-hydroxylation sites is 1. The highest BCUT2D eigenvalue weighted by atomic mass is 16.5. The first-order valence-electron chi connectivity index (χ1n) is 8.68. The summed E-state index contributed by atoms with van der Waals surface area (Å²) in [5, 5.41) is 12.3. The van der Waals surface area contributed by atoms with Gasteiger partial charge in [0.1, 0.15) is 12.4 Å². The molecule has 132 valence electrons. The quantitative estimate of drug-likeness (QED) is 0.850. The summed E-state index contributed by atoms with van der Waals surface area (Å²) in [5.74, 6) is 0.770. The van der Waals surface area contributed by atoms with Crippen molar-refractivity contribution in [3.8, 4) is 5.75 Å². The number of benzene rings is 2. The maximum atomic E-state index is 12.3. The second kappa shape index (κ2) is 8.53. The largest absolute Gasteiger partial charge is 0.489 e. The molecule has 25 heavy (non-hydrogen) atoms. The zero-order valence-corrected chi connectivity index (χ0v) is 14.2. The van der Waals surface area contributed by atoms with Crippen LogP contribution in [0.5, 0.6) is 5.75 Å². The Balaban J connectivity index is 1.58. The molecular formula is C20H24N2O3. The van der Waals surface area contributed by atoms with Crippen LogP contribution >= 0.6 is 0 Å². The van der Waals surface area contributed by atoms with Crippen molar-refractivity contribution in [2.45, 2.75) is 32.0 Å². The number of urea groups is 1. The number of ether oxygens (including phenoxy) is 1. The zero-order valence-electron chi connectivity index (χ0n) is 14.2. The van der Waals surface area contributed by atoms with Crippen molar-refractivity contribution in [3.05, 3.63) is 65.7 Å². The lowest BCUT2D eigenvalue weighted by Crippen LogP contribution is -2.43. The average molecular weight is 340 g/mol. The zero-order chi connectivity index (χ0) is 17.5. The van der Waals surface area contributed by atoms with Gasteiger partial charge in [0.25, 0.3) is 0 Å². The summed E-state index contributed by atoms with van der Waals surface area (Å²) < 4.78 is 5.92. The number of hydrogen-bond donors (Lipinski definition) is 2. The van der Waals surface area contributed by atoms with Gasteiger partial charge in [-0.2, -0.15) is 0 Å². The molecule has 0 aliphatic carbocycles. The summed E-state index contributed by atoms with van der Waals surface area (Å²) in [6, 6.07) is 17.5. The minimum Gasteiger partial charge on any atom is -0.489 e. The average Bonchev–Trinajstić information content (AvgIpc) is 3.15. The maximum Gasteiger partial charge on any atom is 0.317 e. The first-order chi connectivity index (χ1) is 12.3. The van der Waals surface area contributed by atoms with Crippen molar-refractivity contribution < 1.29 is 14.6 Å². The van der Waals surface area contributed by atoms with Crippen molar-refractivity contribution in [2.24, 2.45) is 0 Å². The normalized spacial score (nSPS) is 16.7. The number of nitrogens with zero attached hydrogens (tertiary/aromatic N) is 1. The number of hydrogen-bond acceptors (Lipinski definition) is 3. The summed E-state index contributed by atoms with van der Waals surface area (Å²) >= 11 is 0. The molecule has 3 rings (SSSR count). The highest BCUT2D eigenvalue weighted by Crippen LogP contribution is 2.20. The minimum atomic E-state index is -0.130. The summed E-state index contributed by atoms with van der Waals surface area (Å²) in [4.78, 5) is 14.1. The molecule has 1 aliphatic heterocycles. The van der Waals surface area contributed by atoms with Crippen LogP contribution in [0.25, 0.3) is 0 Å². The number of nitrogens with one attached hydrogen (secondary N) is 1. The number of aliphatic hydroxyl groups is 1. The van der Waals surface area contributed by atoms with Gasteiger partial charge in [0.15, 0.2) is 0 Å². The molecule has 0 bridgehead atoms. The van der Waals surface area contributed by atoms with Crippen LogP contribution in [0.4, 0.5) is 4.79 Å². The van der Waals surface area contributed by atoms with Crippen molar-refractivity contribution in [3.63, 3.8) is 0 Å². The number of carbonyl (C=O) groups is 1. The van der Waals surface area contributed by atoms with E-state index in [-0.39, 0.29) is 18.7 Å². The van der Waals surface area contributed by atoms with E-state index < -0.39 is 0 Å². The standard InChI is InChI=1S/C20H24N2O3/c23-14-18-10-6-12-22(18)20(24)21-13-17-9-4-5-11-19(17)25-15-16-7-2-1-3-8-16/h1-5,7-9,11,18,23H,6,10,12-15H2,(H,21,24). The molecule has 0 aromatic heterocycles. The second-order valence-corrected chi connectivity index (χ2v) is 6.21. The van der Waals surface area contributed by atoms with Crippen LogP contribution in [0.3, 0.4) is 0 Å². The molecule has 1 saturated heterocycles. The van der Waals surface area contributed by atoms with Crippen molar-refractivity contribution in [1.82, 2.24) is 10.2 Å². The third-order valence-corrected chi connectivity index (χ3v) is 4.49. The Morgan fingerprint density at radius 1 is 1.16 bits per heavy atom. The van der Waals surface area contributed by atoms with Crippen molar-refractivity contribution >= 4 is 6.03 Å². The molecule has 1 heterocycles. The molecule has 5 nitrogen and oxygen atoms in total. The summed E-state index contributed by atoms with van der Waals surface area (Å²) in [6.45, 7) is 1.61. The van der Waals surface area contributed by atoms with Gasteiger partial charge in [-0.3, -0.25) is 0 Å². The Kier molecular flexibility index (Phi) is 5.90. The number of aliphatic hydroxyl groups excluding tert-OH is 1. The van der Waals surface area contributed by atoms with Crippen LogP contribution in [-0.4, -0.2) is 35.2 Å². The Morgan fingerprint density at radius 2 is 1.92 bits per heavy atom. The lowest BCUT2D eigenvalue weighted by atomic mass is 10.2. The monoisotopic (exact) mass is 340 g/mol. The Hall–Kier alpha value is -2.53. The van der Waals surface area contributed by atoms with Gasteiger partial charge in [-0.1, -0.05) is 48.5 Å². The van der Waals surface area contributed by atoms with Gasteiger partial charge in [-0.15, -0.1) is 0 Å². The van der Waals surface area contributed by atoms with Gasteiger partial charge in [0.05, 0.1) is 12.6 Å². The molecule has 1 atom stereocenters. The van der Waals surface area contributed by atoms with Crippen LogP contribution in [0.1, 0.15) is 24.0 Å². The molecular weight excluding hydrogens is 316 g/mol. The number of amides is 2. The van der Waals surface area contributed by atoms with E-state index in [1.807, 2.05) is 54.6 Å². The Labute approximate surface area is 148 Å². The summed E-state index contributed by atoms with van der Waals surface area (Å²) in [5.41, 5.74) is 2.04. The fourth-order valence-corrected chi connectivity index (χ4v) is 3.09. The van der Waals surface area contributed by atoms with Gasteiger partial charge in [-0.05, 0) is 24.5 Å². The molecule has 1 aliphatic rings. The Bertz CT molecular complexity index is 690. The fraction of sp³-hybridized carbons (Fsp3) is 0.350. The SMILES string of the molecule is O=C(NCc1ccccc1OCc1ccccc1)N1CCCC1CO. The molecule has 2 N–H and O–H groups in total. The molecule has 1 fully saturated rings. The lowest BCUT2D eigenvalue weighted by Gasteiger charge is -2.23. The van der Waals surface area contributed by atoms with E-state index in [0.717, 1.165) is 29.7 Å². The second-order valence-electron chi connectivity index (χ2n) is 6.21. The van der Waals surface area contributed by atoms with E-state index in [4.69, 9.17) is 4.74 Å². The molecule has 2 aromatic rings. The molecule has 2 aromatic carbocycles. The highest BCUT2D eigenvalue weighted by Gasteiger charge is 2.27. The maximum absolute atomic E-state index is 12.3. The van der Waals surface area contributed by atoms with Gasteiger partial charge in [0, 0.05) is 18.7 Å². The predicted molar refractivity (Wildman–Crippen MR) is 96.3 cm³/mol. The van der Waals surface area contributed by atoms with E-state index in [1.165, 1.54) is 0 Å². The summed E-state index contributed by atoms with van der Waals surface area (Å²) in [6.07, 6.45) is 1.80. The number of likely N-dealkylation sites (tertiary alicyclic amines) is 1. The number of rotatable bonds is 6. The van der Waals surface area contributed by atoms with E-state index in [2.05, 4.69) is 5.32 Å². The van der Waals surface area contributed by atoms with Crippen molar-refractivity contribution in [2.75, 3.05) is 13.2 Å². The van der Waals surface area contributed by atoms with Crippen LogP contribution in [-0.2, 0) is 13.2 Å². The third kappa shape index (κ3) is 4.51. The molecule has 0 radical (unpaired) electrons. The topological polar surface area (TPSA) is 61.8 Å². The number of carbonyl (C=O) groups excluding carboxylic acids is 1. The van der Waals surface area contributed by atoms with E-state index in [0.29, 0.717) is 19.7 Å². The minimum absolute atomic E-state index is 0.0180. The van der Waals surface area contributed by atoms with Gasteiger partial charge in [-0.25, -0.2) is 4.79 Å². The first-order valence-corrected chi connectivity index (χ1v) is 8.68. The first kappa shape index (κ1) is 17.3. The molecule has 5 heteroatoms. The lowest BCUT2D eigenvalue weighted by molar-refractivity contribution is 0.157. The van der Waals surface area contributed by atoms with Gasteiger partial charge >= 0.3 is 6.03 Å². The van der Waals surface area contributed by atoms with Crippen molar-refractivity contribution in [1.29, 1.82) is 0 Å². The van der Waals surface area contributed by atoms with E-state index in [1.54, 1.807) is 4.90 Å². The third-order valence-electron chi connectivity index (χ3n) is 4.49. The van der Waals surface area contributed by atoms with E-state index in [9.17, 15) is 9.90 Å². The van der Waals surface area contributed by atoms with Gasteiger partial charge < -0.3 is 20.1 Å².